The molecule has 11 aromatic rings. The van der Waals surface area contributed by atoms with Gasteiger partial charge in [-0.1, -0.05) is 103 Å². The number of benzene rings is 7. The molecule has 52 heavy (non-hydrogen) atoms. The molecule has 0 aliphatic carbocycles. The maximum atomic E-state index is 6.29. The maximum Gasteiger partial charge on any atom is 0.166 e. The van der Waals surface area contributed by atoms with Gasteiger partial charge in [-0.15, -0.1) is 0 Å². The van der Waals surface area contributed by atoms with E-state index in [0.29, 0.717) is 17.5 Å². The molecule has 6 heteroatoms. The van der Waals surface area contributed by atoms with Gasteiger partial charge in [-0.2, -0.15) is 0 Å². The van der Waals surface area contributed by atoms with Crippen molar-refractivity contribution in [2.45, 2.75) is 0 Å². The van der Waals surface area contributed by atoms with Crippen molar-refractivity contribution in [1.82, 2.24) is 24.5 Å². The van der Waals surface area contributed by atoms with E-state index in [1.165, 1.54) is 16.2 Å². The molecule has 242 valence electrons. The topological polar surface area (TPSA) is 69.6 Å². The third-order valence-corrected chi connectivity index (χ3v) is 10.1. The van der Waals surface area contributed by atoms with Gasteiger partial charge >= 0.3 is 0 Å². The first-order valence-corrected chi connectivity index (χ1v) is 17.3. The number of aromatic nitrogens is 5. The standard InChI is InChI=1S/C46H27N5O/c1-2-12-30-28(11-1)25-37(32-14-4-3-13-31(30)32)46-49-44(29-21-22-35-38-27-47-24-23-42(38)52-43(35)26-29)48-45(50-46)36-17-7-10-20-41(36)51-39-18-8-5-15-33(39)34-16-6-9-19-40(34)51/h1-27H. The Labute approximate surface area is 297 Å². The molecule has 6 nitrogen and oxygen atoms in total. The van der Waals surface area contributed by atoms with Crippen LogP contribution in [0.4, 0.5) is 0 Å². The number of para-hydroxylation sites is 3. The Morgan fingerprint density at radius 1 is 0.423 bits per heavy atom. The van der Waals surface area contributed by atoms with Crippen molar-refractivity contribution in [2.75, 3.05) is 0 Å². The van der Waals surface area contributed by atoms with Crippen LogP contribution in [0.15, 0.2) is 168 Å². The molecule has 0 amide bonds. The van der Waals surface area contributed by atoms with Crippen LogP contribution in [-0.2, 0) is 0 Å². The Hall–Kier alpha value is -7.18. The fraction of sp³-hybridized carbons (Fsp3) is 0. The number of hydrogen-bond donors (Lipinski definition) is 0. The first-order chi connectivity index (χ1) is 25.8. The van der Waals surface area contributed by atoms with Crippen molar-refractivity contribution < 1.29 is 4.42 Å². The van der Waals surface area contributed by atoms with Crippen LogP contribution in [0.25, 0.3) is 105 Å². The van der Waals surface area contributed by atoms with Gasteiger partial charge in [0.25, 0.3) is 0 Å². The van der Waals surface area contributed by atoms with Gasteiger partial charge in [-0.05, 0) is 70.1 Å². The highest BCUT2D eigenvalue weighted by Gasteiger charge is 2.21. The molecular formula is C46H27N5O. The van der Waals surface area contributed by atoms with Gasteiger partial charge in [-0.25, -0.2) is 15.0 Å². The molecule has 4 aromatic heterocycles. The van der Waals surface area contributed by atoms with Crippen LogP contribution in [0, 0.1) is 0 Å². The molecule has 7 aromatic carbocycles. The van der Waals surface area contributed by atoms with Crippen molar-refractivity contribution in [1.29, 1.82) is 0 Å². The third kappa shape index (κ3) is 4.31. The highest BCUT2D eigenvalue weighted by atomic mass is 16.3. The van der Waals surface area contributed by atoms with Crippen LogP contribution in [0.3, 0.4) is 0 Å². The molecule has 4 heterocycles. The average Bonchev–Trinajstić information content (AvgIpc) is 3.76. The molecule has 11 rings (SSSR count). The van der Waals surface area contributed by atoms with Crippen molar-refractivity contribution in [2.24, 2.45) is 0 Å². The minimum atomic E-state index is 0.565. The van der Waals surface area contributed by atoms with Crippen LogP contribution in [0.1, 0.15) is 0 Å². The van der Waals surface area contributed by atoms with Gasteiger partial charge in [0.05, 0.1) is 16.7 Å². The van der Waals surface area contributed by atoms with E-state index >= 15 is 0 Å². The monoisotopic (exact) mass is 665 g/mol. The average molecular weight is 666 g/mol. The summed E-state index contributed by atoms with van der Waals surface area (Å²) in [5.41, 5.74) is 7.47. The van der Waals surface area contributed by atoms with Crippen LogP contribution in [0.5, 0.6) is 0 Å². The van der Waals surface area contributed by atoms with Crippen molar-refractivity contribution in [3.8, 4) is 39.9 Å². The number of pyridine rings is 1. The molecule has 0 fully saturated rings. The second-order valence-electron chi connectivity index (χ2n) is 13.1. The second-order valence-corrected chi connectivity index (χ2v) is 13.1. The molecule has 0 spiro atoms. The van der Waals surface area contributed by atoms with E-state index < -0.39 is 0 Å². The van der Waals surface area contributed by atoms with E-state index in [0.717, 1.165) is 71.5 Å². The number of nitrogens with zero attached hydrogens (tertiary/aromatic N) is 5. The lowest BCUT2D eigenvalue weighted by Crippen LogP contribution is -2.04. The predicted molar refractivity (Wildman–Crippen MR) is 211 cm³/mol. The molecule has 0 atom stereocenters. The van der Waals surface area contributed by atoms with Crippen molar-refractivity contribution >= 4 is 65.3 Å². The smallest absolute Gasteiger partial charge is 0.166 e. The molecule has 0 saturated carbocycles. The fourth-order valence-electron chi connectivity index (χ4n) is 7.78. The van der Waals surface area contributed by atoms with E-state index in [1.54, 1.807) is 6.20 Å². The summed E-state index contributed by atoms with van der Waals surface area (Å²) in [6.45, 7) is 0. The third-order valence-electron chi connectivity index (χ3n) is 10.1. The number of furan rings is 1. The minimum Gasteiger partial charge on any atom is -0.456 e. The lowest BCUT2D eigenvalue weighted by molar-refractivity contribution is 0.668. The van der Waals surface area contributed by atoms with Crippen LogP contribution >= 0.6 is 0 Å². The summed E-state index contributed by atoms with van der Waals surface area (Å²) in [6, 6.07) is 52.7. The van der Waals surface area contributed by atoms with Crippen LogP contribution in [-0.4, -0.2) is 24.5 Å². The normalized spacial score (nSPS) is 11.8. The van der Waals surface area contributed by atoms with E-state index in [9.17, 15) is 0 Å². The SMILES string of the molecule is c1ccc(-n2c3ccccc3c3ccccc32)c(-c2nc(-c3ccc4c(c3)oc3ccncc34)nc(-c3cc4ccccc4c4ccccc34)n2)c1. The molecule has 0 saturated heterocycles. The van der Waals surface area contributed by atoms with E-state index in [-0.39, 0.29) is 0 Å². The molecule has 0 unspecified atom stereocenters. The summed E-state index contributed by atoms with van der Waals surface area (Å²) in [6.07, 6.45) is 3.59. The summed E-state index contributed by atoms with van der Waals surface area (Å²) in [5.74, 6) is 1.76. The van der Waals surface area contributed by atoms with Gasteiger partial charge in [0.1, 0.15) is 11.2 Å². The Morgan fingerprint density at radius 3 is 1.87 bits per heavy atom. The summed E-state index contributed by atoms with van der Waals surface area (Å²) in [4.78, 5) is 20.1. The van der Waals surface area contributed by atoms with Crippen molar-refractivity contribution in [3.05, 3.63) is 164 Å². The van der Waals surface area contributed by atoms with Crippen LogP contribution < -0.4 is 0 Å². The van der Waals surface area contributed by atoms with E-state index in [2.05, 4.69) is 149 Å². The maximum absolute atomic E-state index is 6.29. The zero-order valence-corrected chi connectivity index (χ0v) is 27.7. The van der Waals surface area contributed by atoms with Crippen molar-refractivity contribution in [3.63, 3.8) is 0 Å². The molecule has 0 bridgehead atoms. The Balaban J connectivity index is 1.21. The summed E-state index contributed by atoms with van der Waals surface area (Å²) in [7, 11) is 0. The van der Waals surface area contributed by atoms with Gasteiger partial charge in [0.15, 0.2) is 17.5 Å². The van der Waals surface area contributed by atoms with E-state index in [4.69, 9.17) is 19.4 Å². The summed E-state index contributed by atoms with van der Waals surface area (Å²) >= 11 is 0. The molecule has 0 N–H and O–H groups in total. The highest BCUT2D eigenvalue weighted by Crippen LogP contribution is 2.39. The molecule has 0 radical (unpaired) electrons. The second kappa shape index (κ2) is 11.2. The van der Waals surface area contributed by atoms with Gasteiger partial charge in [-0.3, -0.25) is 4.98 Å². The zero-order chi connectivity index (χ0) is 34.2. The van der Waals surface area contributed by atoms with E-state index in [1.807, 2.05) is 18.3 Å². The van der Waals surface area contributed by atoms with Gasteiger partial charge in [0, 0.05) is 50.6 Å². The molecular weight excluding hydrogens is 639 g/mol. The Morgan fingerprint density at radius 2 is 1.06 bits per heavy atom. The first kappa shape index (κ1) is 28.6. The lowest BCUT2D eigenvalue weighted by atomic mass is 9.97. The van der Waals surface area contributed by atoms with Crippen LogP contribution in [0.2, 0.25) is 0 Å². The lowest BCUT2D eigenvalue weighted by Gasteiger charge is -2.15. The van der Waals surface area contributed by atoms with Gasteiger partial charge in [0.2, 0.25) is 0 Å². The van der Waals surface area contributed by atoms with Gasteiger partial charge < -0.3 is 8.98 Å². The number of hydrogen-bond acceptors (Lipinski definition) is 5. The number of fused-ring (bicyclic) bond motifs is 9. The minimum absolute atomic E-state index is 0.565. The predicted octanol–water partition coefficient (Wildman–Crippen LogP) is 11.6. The Kier molecular flexibility index (Phi) is 6.15. The Bertz CT molecular complexity index is 3160. The fourth-order valence-corrected chi connectivity index (χ4v) is 7.78. The molecule has 0 aliphatic heterocycles. The highest BCUT2D eigenvalue weighted by molar-refractivity contribution is 6.13. The first-order valence-electron chi connectivity index (χ1n) is 17.3. The largest absolute Gasteiger partial charge is 0.456 e. The summed E-state index contributed by atoms with van der Waals surface area (Å²) < 4.78 is 8.61. The zero-order valence-electron chi connectivity index (χ0n) is 27.7. The summed E-state index contributed by atoms with van der Waals surface area (Å²) in [5, 5.41) is 8.93. The number of rotatable bonds is 4. The molecule has 0 aliphatic rings. The quantitative estimate of drug-likeness (QED) is 0.175.